The predicted molar refractivity (Wildman–Crippen MR) is 81.5 cm³/mol. The highest BCUT2D eigenvalue weighted by molar-refractivity contribution is 5.83. The Kier molecular flexibility index (Phi) is 5.37. The third-order valence-electron chi connectivity index (χ3n) is 3.26. The van der Waals surface area contributed by atoms with Crippen molar-refractivity contribution < 1.29 is 4.74 Å². The van der Waals surface area contributed by atoms with Crippen molar-refractivity contribution in [3.05, 3.63) is 48.0 Å². The summed E-state index contributed by atoms with van der Waals surface area (Å²) < 4.78 is 5.70. The number of hydrogen-bond acceptors (Lipinski definition) is 2. The quantitative estimate of drug-likeness (QED) is 0.759. The lowest BCUT2D eigenvalue weighted by Gasteiger charge is -2.19. The predicted octanol–water partition coefficient (Wildman–Crippen LogP) is 3.92. The summed E-state index contributed by atoms with van der Waals surface area (Å²) in [5.41, 5.74) is 1.30. The van der Waals surface area contributed by atoms with Gasteiger partial charge in [0.05, 0.1) is 12.6 Å². The summed E-state index contributed by atoms with van der Waals surface area (Å²) in [4.78, 5) is 0. The first kappa shape index (κ1) is 14.0. The molecule has 1 unspecified atom stereocenters. The first-order chi connectivity index (χ1) is 9.35. The fourth-order valence-corrected chi connectivity index (χ4v) is 2.29. The number of rotatable bonds is 7. The molecule has 19 heavy (non-hydrogen) atoms. The highest BCUT2D eigenvalue weighted by Crippen LogP contribution is 2.20. The van der Waals surface area contributed by atoms with Crippen LogP contribution in [-0.2, 0) is 4.74 Å². The van der Waals surface area contributed by atoms with Gasteiger partial charge in [-0.3, -0.25) is 0 Å². The zero-order chi connectivity index (χ0) is 13.5. The van der Waals surface area contributed by atoms with Gasteiger partial charge in [-0.25, -0.2) is 0 Å². The molecule has 0 bridgehead atoms. The Bertz CT molecular complexity index is 509. The van der Waals surface area contributed by atoms with Crippen molar-refractivity contribution in [3.8, 4) is 0 Å². The van der Waals surface area contributed by atoms with Gasteiger partial charge in [0.15, 0.2) is 0 Å². The molecule has 2 nitrogen and oxygen atoms in total. The molecule has 0 radical (unpaired) electrons. The van der Waals surface area contributed by atoms with Crippen LogP contribution >= 0.6 is 0 Å². The number of ether oxygens (including phenoxy) is 1. The van der Waals surface area contributed by atoms with E-state index in [0.29, 0.717) is 0 Å². The van der Waals surface area contributed by atoms with Crippen LogP contribution in [0.2, 0.25) is 0 Å². The summed E-state index contributed by atoms with van der Waals surface area (Å²) in [5.74, 6) is 0. The molecule has 0 fully saturated rings. The van der Waals surface area contributed by atoms with E-state index < -0.39 is 0 Å². The minimum atomic E-state index is 0.279. The summed E-state index contributed by atoms with van der Waals surface area (Å²) in [7, 11) is 0. The molecule has 0 amide bonds. The van der Waals surface area contributed by atoms with Gasteiger partial charge in [0.2, 0.25) is 0 Å². The van der Waals surface area contributed by atoms with E-state index in [1.54, 1.807) is 0 Å². The third kappa shape index (κ3) is 3.79. The molecule has 0 aliphatic heterocycles. The van der Waals surface area contributed by atoms with Crippen molar-refractivity contribution in [1.29, 1.82) is 0 Å². The summed E-state index contributed by atoms with van der Waals surface area (Å²) in [6.07, 6.45) is 1.07. The van der Waals surface area contributed by atoms with E-state index in [1.807, 2.05) is 0 Å². The van der Waals surface area contributed by atoms with Crippen LogP contribution < -0.4 is 5.32 Å². The molecular formula is C17H23NO. The second kappa shape index (κ2) is 7.27. The Morgan fingerprint density at radius 3 is 2.58 bits per heavy atom. The maximum Gasteiger partial charge on any atom is 0.0661 e. The topological polar surface area (TPSA) is 21.3 Å². The molecule has 0 aromatic heterocycles. The van der Waals surface area contributed by atoms with Crippen LogP contribution in [-0.4, -0.2) is 19.8 Å². The average Bonchev–Trinajstić information content (AvgIpc) is 2.46. The number of fused-ring (bicyclic) bond motifs is 1. The Hall–Kier alpha value is -1.38. The van der Waals surface area contributed by atoms with Crippen molar-refractivity contribution in [2.24, 2.45) is 0 Å². The van der Waals surface area contributed by atoms with Gasteiger partial charge in [-0.2, -0.15) is 0 Å². The number of hydrogen-bond donors (Lipinski definition) is 1. The lowest BCUT2D eigenvalue weighted by Crippen LogP contribution is -2.25. The van der Waals surface area contributed by atoms with Gasteiger partial charge in [-0.05, 0) is 35.4 Å². The van der Waals surface area contributed by atoms with Gasteiger partial charge in [0.25, 0.3) is 0 Å². The molecule has 1 atom stereocenters. The standard InChI is InChI=1S/C17H23NO/c1-3-11-19-13-17(18-4-2)16-10-9-14-7-5-6-8-15(14)12-16/h5-10,12,17-18H,3-4,11,13H2,1-2H3. The second-order valence-electron chi connectivity index (χ2n) is 4.79. The van der Waals surface area contributed by atoms with Gasteiger partial charge < -0.3 is 10.1 Å². The van der Waals surface area contributed by atoms with Crippen molar-refractivity contribution in [2.45, 2.75) is 26.3 Å². The number of benzene rings is 2. The number of likely N-dealkylation sites (N-methyl/N-ethyl adjacent to an activating group) is 1. The molecule has 0 spiro atoms. The normalized spacial score (nSPS) is 12.7. The lowest BCUT2D eigenvalue weighted by atomic mass is 10.0. The minimum Gasteiger partial charge on any atom is -0.379 e. The largest absolute Gasteiger partial charge is 0.379 e. The maximum absolute atomic E-state index is 5.70. The summed E-state index contributed by atoms with van der Waals surface area (Å²) in [5, 5.41) is 6.08. The Balaban J connectivity index is 2.17. The maximum atomic E-state index is 5.70. The summed E-state index contributed by atoms with van der Waals surface area (Å²) >= 11 is 0. The fraction of sp³-hybridized carbons (Fsp3) is 0.412. The van der Waals surface area contributed by atoms with Gasteiger partial charge in [0.1, 0.15) is 0 Å². The lowest BCUT2D eigenvalue weighted by molar-refractivity contribution is 0.112. The Morgan fingerprint density at radius 2 is 1.84 bits per heavy atom. The molecule has 0 aliphatic carbocycles. The molecule has 2 aromatic carbocycles. The summed E-state index contributed by atoms with van der Waals surface area (Å²) in [6, 6.07) is 15.4. The van der Waals surface area contributed by atoms with Crippen molar-refractivity contribution >= 4 is 10.8 Å². The molecule has 0 saturated heterocycles. The van der Waals surface area contributed by atoms with E-state index in [9.17, 15) is 0 Å². The molecular weight excluding hydrogens is 234 g/mol. The van der Waals surface area contributed by atoms with E-state index in [0.717, 1.165) is 26.2 Å². The van der Waals surface area contributed by atoms with Crippen LogP contribution in [0.5, 0.6) is 0 Å². The third-order valence-corrected chi connectivity index (χ3v) is 3.26. The molecule has 0 saturated carbocycles. The van der Waals surface area contributed by atoms with Crippen LogP contribution in [0.3, 0.4) is 0 Å². The first-order valence-electron chi connectivity index (χ1n) is 7.15. The molecule has 0 heterocycles. The van der Waals surface area contributed by atoms with E-state index in [1.165, 1.54) is 16.3 Å². The smallest absolute Gasteiger partial charge is 0.0661 e. The van der Waals surface area contributed by atoms with E-state index >= 15 is 0 Å². The molecule has 1 N–H and O–H groups in total. The van der Waals surface area contributed by atoms with Gasteiger partial charge >= 0.3 is 0 Å². The van der Waals surface area contributed by atoms with E-state index in [4.69, 9.17) is 4.74 Å². The minimum absolute atomic E-state index is 0.279. The van der Waals surface area contributed by atoms with Crippen LogP contribution in [0.25, 0.3) is 10.8 Å². The monoisotopic (exact) mass is 257 g/mol. The van der Waals surface area contributed by atoms with Crippen molar-refractivity contribution in [3.63, 3.8) is 0 Å². The number of nitrogens with one attached hydrogen (secondary N) is 1. The molecule has 0 aliphatic rings. The average molecular weight is 257 g/mol. The van der Waals surface area contributed by atoms with Crippen LogP contribution in [0.15, 0.2) is 42.5 Å². The Labute approximate surface area is 115 Å². The van der Waals surface area contributed by atoms with Gasteiger partial charge in [0, 0.05) is 6.61 Å². The Morgan fingerprint density at radius 1 is 1.05 bits per heavy atom. The first-order valence-corrected chi connectivity index (χ1v) is 7.15. The van der Waals surface area contributed by atoms with Crippen LogP contribution in [0.1, 0.15) is 31.9 Å². The van der Waals surface area contributed by atoms with E-state index in [2.05, 4.69) is 61.6 Å². The fourth-order valence-electron chi connectivity index (χ4n) is 2.29. The van der Waals surface area contributed by atoms with E-state index in [-0.39, 0.29) is 6.04 Å². The van der Waals surface area contributed by atoms with Crippen molar-refractivity contribution in [2.75, 3.05) is 19.8 Å². The summed E-state index contributed by atoms with van der Waals surface area (Å²) in [6.45, 7) is 6.79. The van der Waals surface area contributed by atoms with Gasteiger partial charge in [-0.15, -0.1) is 0 Å². The van der Waals surface area contributed by atoms with Gasteiger partial charge in [-0.1, -0.05) is 50.2 Å². The van der Waals surface area contributed by atoms with Crippen LogP contribution in [0, 0.1) is 0 Å². The zero-order valence-corrected chi connectivity index (χ0v) is 11.9. The molecule has 102 valence electrons. The SMILES string of the molecule is CCCOCC(NCC)c1ccc2ccccc2c1. The molecule has 2 aromatic rings. The molecule has 2 rings (SSSR count). The van der Waals surface area contributed by atoms with Crippen molar-refractivity contribution in [1.82, 2.24) is 5.32 Å². The highest BCUT2D eigenvalue weighted by atomic mass is 16.5. The zero-order valence-electron chi connectivity index (χ0n) is 11.9. The molecule has 2 heteroatoms. The van der Waals surface area contributed by atoms with Crippen LogP contribution in [0.4, 0.5) is 0 Å². The highest BCUT2D eigenvalue weighted by Gasteiger charge is 2.10. The second-order valence-corrected chi connectivity index (χ2v) is 4.79.